The summed E-state index contributed by atoms with van der Waals surface area (Å²) in [5, 5.41) is 18.2. The van der Waals surface area contributed by atoms with Crippen LogP contribution in [-0.2, 0) is 30.8 Å². The van der Waals surface area contributed by atoms with Gasteiger partial charge in [0, 0.05) is 17.6 Å². The molecule has 234 valence electrons. The normalized spacial score (nSPS) is 15.4. The Hall–Kier alpha value is -4.73. The van der Waals surface area contributed by atoms with Crippen molar-refractivity contribution >= 4 is 62.2 Å². The fraction of sp³-hybridized carbons (Fsp3) is 0.281. The van der Waals surface area contributed by atoms with Crippen LogP contribution < -0.4 is 15.1 Å². The Morgan fingerprint density at radius 3 is 2.31 bits per heavy atom. The van der Waals surface area contributed by atoms with Gasteiger partial charge in [0.1, 0.15) is 17.9 Å². The number of nitrogens with one attached hydrogen (secondary N) is 1. The Bertz CT molecular complexity index is 1920. The first-order valence-electron chi connectivity index (χ1n) is 14.2. The maximum atomic E-state index is 14.3. The molecule has 0 saturated heterocycles. The summed E-state index contributed by atoms with van der Waals surface area (Å²) >= 11 is 0. The second kappa shape index (κ2) is 13.5. The number of aromatic nitrogens is 2. The number of para-hydroxylation sites is 4. The van der Waals surface area contributed by atoms with Gasteiger partial charge < -0.3 is 15.1 Å². The second-order valence-electron chi connectivity index (χ2n) is 10.9. The van der Waals surface area contributed by atoms with E-state index >= 15 is 0 Å². The van der Waals surface area contributed by atoms with Gasteiger partial charge in [0.2, 0.25) is 11.8 Å². The summed E-state index contributed by atoms with van der Waals surface area (Å²) in [5.41, 5.74) is 2.98. The highest BCUT2D eigenvalue weighted by molar-refractivity contribution is 7.91. The van der Waals surface area contributed by atoms with Crippen LogP contribution in [0.15, 0.2) is 72.8 Å². The van der Waals surface area contributed by atoms with Crippen LogP contribution in [0.1, 0.15) is 31.5 Å². The molecule has 0 fully saturated rings. The van der Waals surface area contributed by atoms with Crippen molar-refractivity contribution in [2.45, 2.75) is 32.9 Å². The van der Waals surface area contributed by atoms with Gasteiger partial charge in [-0.05, 0) is 36.8 Å². The molecule has 11 nitrogen and oxygen atoms in total. The maximum Gasteiger partial charge on any atom is 0.251 e. The molecule has 13 heteroatoms. The Morgan fingerprint density at radius 1 is 1.02 bits per heavy atom. The SMILES string of the molecule is CC[C@@H](C)C(=O)N[C@H]1CN(C(=O)CS(C)(=O)=O)c2ccccc2N(Cc2nn(-c3ccccc3C#N)c3ccccc23)C1=O.Cl. The molecule has 2 heterocycles. The smallest absolute Gasteiger partial charge is 0.251 e. The van der Waals surface area contributed by atoms with Gasteiger partial charge in [-0.25, -0.2) is 13.1 Å². The van der Waals surface area contributed by atoms with Crippen molar-refractivity contribution < 1.29 is 22.8 Å². The number of nitriles is 1. The van der Waals surface area contributed by atoms with Crippen LogP contribution in [0.2, 0.25) is 0 Å². The lowest BCUT2D eigenvalue weighted by Crippen LogP contribution is -2.54. The van der Waals surface area contributed by atoms with E-state index in [-0.39, 0.29) is 37.3 Å². The number of rotatable bonds is 8. The van der Waals surface area contributed by atoms with E-state index in [9.17, 15) is 28.1 Å². The first-order chi connectivity index (χ1) is 21.0. The van der Waals surface area contributed by atoms with Gasteiger partial charge >= 0.3 is 0 Å². The molecule has 2 atom stereocenters. The lowest BCUT2D eigenvalue weighted by atomic mass is 10.1. The van der Waals surface area contributed by atoms with Crippen LogP contribution >= 0.6 is 12.4 Å². The number of nitrogens with zero attached hydrogens (tertiary/aromatic N) is 5. The summed E-state index contributed by atoms with van der Waals surface area (Å²) in [4.78, 5) is 43.4. The van der Waals surface area contributed by atoms with E-state index in [0.29, 0.717) is 34.7 Å². The summed E-state index contributed by atoms with van der Waals surface area (Å²) in [6.07, 6.45) is 1.52. The molecule has 4 aromatic rings. The number of hydrogen-bond acceptors (Lipinski definition) is 7. The highest BCUT2D eigenvalue weighted by atomic mass is 35.5. The summed E-state index contributed by atoms with van der Waals surface area (Å²) in [6.45, 7) is 3.33. The van der Waals surface area contributed by atoms with Crippen LogP contribution in [0.4, 0.5) is 11.4 Å². The molecule has 0 spiro atoms. The number of sulfone groups is 1. The number of carbonyl (C=O) groups is 3. The Kier molecular flexibility index (Phi) is 9.95. The van der Waals surface area contributed by atoms with E-state index in [4.69, 9.17) is 5.10 Å². The Morgan fingerprint density at radius 2 is 1.64 bits per heavy atom. The quantitative estimate of drug-likeness (QED) is 0.306. The molecule has 3 aromatic carbocycles. The van der Waals surface area contributed by atoms with E-state index in [1.54, 1.807) is 54.1 Å². The third kappa shape index (κ3) is 6.84. The summed E-state index contributed by atoms with van der Waals surface area (Å²) in [7, 11) is -3.69. The summed E-state index contributed by atoms with van der Waals surface area (Å²) in [6, 6.07) is 22.3. The first kappa shape index (κ1) is 33.2. The molecule has 0 unspecified atom stereocenters. The topological polar surface area (TPSA) is 145 Å². The molecule has 0 aliphatic carbocycles. The van der Waals surface area contributed by atoms with Gasteiger partial charge in [0.15, 0.2) is 9.84 Å². The van der Waals surface area contributed by atoms with Gasteiger partial charge in [-0.2, -0.15) is 10.4 Å². The first-order valence-corrected chi connectivity index (χ1v) is 16.2. The molecule has 3 amide bonds. The lowest BCUT2D eigenvalue weighted by Gasteiger charge is -2.25. The van der Waals surface area contributed by atoms with Crippen molar-refractivity contribution in [3.05, 3.63) is 84.1 Å². The third-order valence-corrected chi connectivity index (χ3v) is 8.45. The van der Waals surface area contributed by atoms with Crippen LogP contribution in [-0.4, -0.2) is 60.5 Å². The van der Waals surface area contributed by atoms with E-state index < -0.39 is 33.4 Å². The molecule has 0 radical (unpaired) electrons. The fourth-order valence-electron chi connectivity index (χ4n) is 5.23. The highest BCUT2D eigenvalue weighted by Gasteiger charge is 2.38. The van der Waals surface area contributed by atoms with E-state index in [2.05, 4.69) is 11.4 Å². The van der Waals surface area contributed by atoms with Crippen LogP contribution in [0.3, 0.4) is 0 Å². The van der Waals surface area contributed by atoms with E-state index in [0.717, 1.165) is 17.2 Å². The lowest BCUT2D eigenvalue weighted by molar-refractivity contribution is -0.129. The molecule has 1 aliphatic rings. The maximum absolute atomic E-state index is 14.3. The minimum absolute atomic E-state index is 0. The number of anilines is 2. The highest BCUT2D eigenvalue weighted by Crippen LogP contribution is 2.35. The number of benzene rings is 3. The third-order valence-electron chi connectivity index (χ3n) is 7.68. The minimum Gasteiger partial charge on any atom is -0.342 e. The summed E-state index contributed by atoms with van der Waals surface area (Å²) in [5.74, 6) is -2.67. The predicted octanol–water partition coefficient (Wildman–Crippen LogP) is 3.77. The Balaban J connectivity index is 0.00000461. The van der Waals surface area contributed by atoms with Crippen molar-refractivity contribution in [3.63, 3.8) is 0 Å². The summed E-state index contributed by atoms with van der Waals surface area (Å²) < 4.78 is 25.9. The average Bonchev–Trinajstić information content (AvgIpc) is 3.33. The average molecular weight is 649 g/mol. The fourth-order valence-corrected chi connectivity index (χ4v) is 5.83. The Labute approximate surface area is 267 Å². The molecule has 1 aliphatic heterocycles. The van der Waals surface area contributed by atoms with Crippen molar-refractivity contribution in [1.29, 1.82) is 5.26 Å². The van der Waals surface area contributed by atoms with Crippen molar-refractivity contribution in [3.8, 4) is 11.8 Å². The molecular formula is C32H33ClN6O5S. The van der Waals surface area contributed by atoms with E-state index in [1.807, 2.05) is 37.3 Å². The van der Waals surface area contributed by atoms with Crippen molar-refractivity contribution in [1.82, 2.24) is 15.1 Å². The number of halogens is 1. The number of fused-ring (bicyclic) bond motifs is 2. The zero-order chi connectivity index (χ0) is 31.6. The zero-order valence-corrected chi connectivity index (χ0v) is 26.6. The molecule has 5 rings (SSSR count). The minimum atomic E-state index is -3.69. The molecular weight excluding hydrogens is 616 g/mol. The van der Waals surface area contributed by atoms with Gasteiger partial charge in [0.05, 0.1) is 46.9 Å². The molecule has 0 bridgehead atoms. The molecule has 1 N–H and O–H groups in total. The van der Waals surface area contributed by atoms with Crippen molar-refractivity contribution in [2.24, 2.45) is 5.92 Å². The van der Waals surface area contributed by atoms with Crippen LogP contribution in [0.5, 0.6) is 0 Å². The van der Waals surface area contributed by atoms with Crippen LogP contribution in [0, 0.1) is 17.2 Å². The monoisotopic (exact) mass is 648 g/mol. The van der Waals surface area contributed by atoms with Gasteiger partial charge in [-0.3, -0.25) is 14.4 Å². The van der Waals surface area contributed by atoms with Gasteiger partial charge in [0.25, 0.3) is 5.91 Å². The molecule has 0 saturated carbocycles. The van der Waals surface area contributed by atoms with E-state index in [1.165, 1.54) is 9.80 Å². The number of carbonyl (C=O) groups excluding carboxylic acids is 3. The standard InChI is InChI=1S/C32H32N6O5S.ClH/c1-4-21(2)31(40)34-25-19-36(30(39)20-44(3,42)43)28-15-9-10-16-29(28)37(32(25)41)18-24-23-12-6-8-14-27(23)38(35-24)26-13-7-5-11-22(26)17-33;/h5-16,21,25H,4,18-20H2,1-3H3,(H,34,40);1H/t21-,25+;/m1./s1. The van der Waals surface area contributed by atoms with Gasteiger partial charge in [-0.1, -0.05) is 56.3 Å². The number of amides is 3. The second-order valence-corrected chi connectivity index (χ2v) is 13.0. The number of hydrogen-bond donors (Lipinski definition) is 1. The van der Waals surface area contributed by atoms with Gasteiger partial charge in [-0.15, -0.1) is 12.4 Å². The molecule has 45 heavy (non-hydrogen) atoms. The van der Waals surface area contributed by atoms with Crippen LogP contribution in [0.25, 0.3) is 16.6 Å². The van der Waals surface area contributed by atoms with Crippen molar-refractivity contribution in [2.75, 3.05) is 28.4 Å². The predicted molar refractivity (Wildman–Crippen MR) is 174 cm³/mol. The largest absolute Gasteiger partial charge is 0.342 e. The molecule has 1 aromatic heterocycles. The zero-order valence-electron chi connectivity index (χ0n) is 25.0.